The second kappa shape index (κ2) is 6.84. The van der Waals surface area contributed by atoms with Crippen LogP contribution in [0.15, 0.2) is 77.9 Å². The largest absolute Gasteiger partial charge is 0.423 e. The summed E-state index contributed by atoms with van der Waals surface area (Å²) in [5, 5.41) is 0. The van der Waals surface area contributed by atoms with Crippen LogP contribution in [0.3, 0.4) is 0 Å². The van der Waals surface area contributed by atoms with Gasteiger partial charge in [0.25, 0.3) is 0 Å². The van der Waals surface area contributed by atoms with Gasteiger partial charge < -0.3 is 4.74 Å². The lowest BCUT2D eigenvalue weighted by Crippen LogP contribution is -2.31. The molecule has 0 aliphatic carbocycles. The predicted octanol–water partition coefficient (Wildman–Crippen LogP) is 5.60. The van der Waals surface area contributed by atoms with E-state index in [2.05, 4.69) is 22.5 Å². The number of carbonyl (C=O) groups is 1. The van der Waals surface area contributed by atoms with Crippen LogP contribution in [0, 0.1) is 0 Å². The van der Waals surface area contributed by atoms with Gasteiger partial charge in [0.1, 0.15) is 5.75 Å². The molecule has 1 unspecified atom stereocenters. The van der Waals surface area contributed by atoms with Gasteiger partial charge in [0, 0.05) is 12.1 Å². The number of amides is 1. The quantitative estimate of drug-likeness (QED) is 0.704. The van der Waals surface area contributed by atoms with Gasteiger partial charge in [-0.2, -0.15) is 0 Å². The van der Waals surface area contributed by atoms with Crippen molar-refractivity contribution in [3.63, 3.8) is 0 Å². The van der Waals surface area contributed by atoms with Crippen molar-refractivity contribution in [2.45, 2.75) is 12.3 Å². The van der Waals surface area contributed by atoms with Gasteiger partial charge in [-0.3, -0.25) is 4.90 Å². The molecule has 116 valence electrons. The lowest BCUT2D eigenvalue weighted by atomic mass is 9.91. The Kier molecular flexibility index (Phi) is 4.63. The Hall–Kier alpha value is -2.33. The summed E-state index contributed by atoms with van der Waals surface area (Å²) >= 11 is 3.42. The predicted molar refractivity (Wildman–Crippen MR) is 96.0 cm³/mol. The van der Waals surface area contributed by atoms with Gasteiger partial charge in [-0.25, -0.2) is 4.79 Å². The number of fused-ring (bicyclic) bond motifs is 1. The van der Waals surface area contributed by atoms with Crippen LogP contribution in [0.5, 0.6) is 5.75 Å². The minimum atomic E-state index is -0.420. The van der Waals surface area contributed by atoms with Crippen molar-refractivity contribution in [3.05, 3.63) is 83.5 Å². The molecule has 0 saturated carbocycles. The van der Waals surface area contributed by atoms with E-state index in [1.807, 2.05) is 48.5 Å². The van der Waals surface area contributed by atoms with E-state index >= 15 is 0 Å². The minimum Gasteiger partial charge on any atom is -0.410 e. The molecule has 0 aromatic heterocycles. The zero-order valence-electron chi connectivity index (χ0n) is 12.5. The fourth-order valence-electron chi connectivity index (χ4n) is 2.61. The zero-order valence-corrected chi connectivity index (χ0v) is 14.1. The maximum atomic E-state index is 12.5. The molecule has 1 heterocycles. The highest BCUT2D eigenvalue weighted by molar-refractivity contribution is 9.11. The Morgan fingerprint density at radius 1 is 1.13 bits per heavy atom. The van der Waals surface area contributed by atoms with Gasteiger partial charge in [-0.15, -0.1) is 0 Å². The second-order valence-corrected chi connectivity index (χ2v) is 6.40. The Morgan fingerprint density at radius 3 is 2.57 bits per heavy atom. The SMILES string of the molecule is C=C(Br)CC1C=CN(C(=O)Oc2ccccc2)c2ccccc21. The number of benzene rings is 2. The van der Waals surface area contributed by atoms with Crippen molar-refractivity contribution in [2.24, 2.45) is 0 Å². The first-order valence-corrected chi connectivity index (χ1v) is 8.11. The van der Waals surface area contributed by atoms with E-state index in [0.717, 1.165) is 22.2 Å². The van der Waals surface area contributed by atoms with Gasteiger partial charge in [-0.1, -0.05) is 65.0 Å². The molecular formula is C19H16BrNO2. The maximum absolute atomic E-state index is 12.5. The van der Waals surface area contributed by atoms with Crippen LogP contribution in [-0.4, -0.2) is 6.09 Å². The first kappa shape index (κ1) is 15.6. The number of allylic oxidation sites excluding steroid dienone is 2. The molecule has 1 aliphatic heterocycles. The lowest BCUT2D eigenvalue weighted by Gasteiger charge is -2.28. The standard InChI is InChI=1S/C19H16BrNO2/c1-14(20)13-15-11-12-21(18-10-6-5-9-17(15)18)19(22)23-16-7-3-2-4-8-16/h2-12,15H,1,13H2. The molecule has 4 heteroatoms. The van der Waals surface area contributed by atoms with Gasteiger partial charge in [0.2, 0.25) is 0 Å². The van der Waals surface area contributed by atoms with E-state index in [1.54, 1.807) is 18.3 Å². The number of anilines is 1. The summed E-state index contributed by atoms with van der Waals surface area (Å²) in [6, 6.07) is 16.9. The Morgan fingerprint density at radius 2 is 1.83 bits per heavy atom. The first-order valence-electron chi connectivity index (χ1n) is 7.32. The normalized spacial score (nSPS) is 15.9. The van der Waals surface area contributed by atoms with Crippen molar-refractivity contribution in [3.8, 4) is 5.75 Å². The molecule has 3 rings (SSSR count). The molecule has 23 heavy (non-hydrogen) atoms. The maximum Gasteiger partial charge on any atom is 0.423 e. The molecule has 2 aromatic carbocycles. The van der Waals surface area contributed by atoms with Crippen molar-refractivity contribution < 1.29 is 9.53 Å². The smallest absolute Gasteiger partial charge is 0.410 e. The highest BCUT2D eigenvalue weighted by atomic mass is 79.9. The molecule has 2 aromatic rings. The summed E-state index contributed by atoms with van der Waals surface area (Å²) < 4.78 is 6.37. The fourth-order valence-corrected chi connectivity index (χ4v) is 2.96. The van der Waals surface area contributed by atoms with Gasteiger partial charge >= 0.3 is 6.09 Å². The first-order chi connectivity index (χ1) is 11.1. The number of rotatable bonds is 3. The number of carbonyl (C=O) groups excluding carboxylic acids is 1. The topological polar surface area (TPSA) is 29.5 Å². The van der Waals surface area contributed by atoms with Crippen LogP contribution in [0.25, 0.3) is 0 Å². The fraction of sp³-hybridized carbons (Fsp3) is 0.105. The van der Waals surface area contributed by atoms with Crippen LogP contribution in [-0.2, 0) is 0 Å². The summed E-state index contributed by atoms with van der Waals surface area (Å²) in [5.74, 6) is 0.721. The third kappa shape index (κ3) is 3.54. The third-order valence-corrected chi connectivity index (χ3v) is 3.97. The molecule has 3 nitrogen and oxygen atoms in total. The average Bonchev–Trinajstić information content (AvgIpc) is 2.55. The van der Waals surface area contributed by atoms with E-state index < -0.39 is 6.09 Å². The monoisotopic (exact) mass is 369 g/mol. The van der Waals surface area contributed by atoms with Crippen molar-refractivity contribution in [1.82, 2.24) is 0 Å². The summed E-state index contributed by atoms with van der Waals surface area (Å²) in [4.78, 5) is 14.0. The lowest BCUT2D eigenvalue weighted by molar-refractivity contribution is 0.210. The number of para-hydroxylation sites is 2. The van der Waals surface area contributed by atoms with Crippen molar-refractivity contribution in [2.75, 3.05) is 4.90 Å². The number of hydrogen-bond donors (Lipinski definition) is 0. The number of halogens is 1. The second-order valence-electron chi connectivity index (χ2n) is 5.28. The number of hydrogen-bond acceptors (Lipinski definition) is 2. The third-order valence-electron chi connectivity index (χ3n) is 3.65. The van der Waals surface area contributed by atoms with Crippen molar-refractivity contribution >= 4 is 27.7 Å². The van der Waals surface area contributed by atoms with E-state index in [4.69, 9.17) is 4.74 Å². The van der Waals surface area contributed by atoms with Crippen LogP contribution >= 0.6 is 15.9 Å². The van der Waals surface area contributed by atoms with Crippen LogP contribution < -0.4 is 9.64 Å². The Labute approximate surface area is 144 Å². The zero-order chi connectivity index (χ0) is 16.2. The summed E-state index contributed by atoms with van der Waals surface area (Å²) in [6.45, 7) is 3.91. The van der Waals surface area contributed by atoms with Crippen LogP contribution in [0.1, 0.15) is 17.9 Å². The van der Waals surface area contributed by atoms with Gasteiger partial charge in [0.15, 0.2) is 0 Å². The molecule has 1 aliphatic rings. The molecule has 1 amide bonds. The molecule has 0 saturated heterocycles. The summed E-state index contributed by atoms with van der Waals surface area (Å²) in [6.07, 6.45) is 4.14. The minimum absolute atomic E-state index is 0.193. The number of ether oxygens (including phenoxy) is 1. The van der Waals surface area contributed by atoms with Gasteiger partial charge in [0.05, 0.1) is 5.69 Å². The average molecular weight is 370 g/mol. The number of nitrogens with zero attached hydrogens (tertiary/aromatic N) is 1. The van der Waals surface area contributed by atoms with E-state index in [1.165, 1.54) is 4.90 Å². The molecule has 0 bridgehead atoms. The summed E-state index contributed by atoms with van der Waals surface area (Å²) in [5.41, 5.74) is 1.93. The van der Waals surface area contributed by atoms with E-state index in [-0.39, 0.29) is 5.92 Å². The highest BCUT2D eigenvalue weighted by Crippen LogP contribution is 2.37. The van der Waals surface area contributed by atoms with Gasteiger partial charge in [-0.05, 0) is 34.7 Å². The molecule has 0 fully saturated rings. The Bertz CT molecular complexity index is 755. The molecule has 0 spiro atoms. The van der Waals surface area contributed by atoms with Crippen molar-refractivity contribution in [1.29, 1.82) is 0 Å². The van der Waals surface area contributed by atoms with E-state index in [9.17, 15) is 4.79 Å². The Balaban J connectivity index is 1.86. The summed E-state index contributed by atoms with van der Waals surface area (Å²) in [7, 11) is 0. The molecule has 0 radical (unpaired) electrons. The highest BCUT2D eigenvalue weighted by Gasteiger charge is 2.25. The molecular weight excluding hydrogens is 354 g/mol. The van der Waals surface area contributed by atoms with Crippen LogP contribution in [0.2, 0.25) is 0 Å². The van der Waals surface area contributed by atoms with E-state index in [0.29, 0.717) is 5.75 Å². The molecule has 1 atom stereocenters. The van der Waals surface area contributed by atoms with Crippen LogP contribution in [0.4, 0.5) is 10.5 Å². The molecule has 0 N–H and O–H groups in total.